The number of carbonyl (C=O) groups is 1. The number of rotatable bonds is 51. The summed E-state index contributed by atoms with van der Waals surface area (Å²) in [7, 11) is 0. The molecule has 0 heterocycles. The largest absolute Gasteiger partial charge is 0.394 e. The van der Waals surface area contributed by atoms with E-state index in [1.54, 1.807) is 0 Å². The molecule has 0 aromatic carbocycles. The highest BCUT2D eigenvalue weighted by Gasteiger charge is 2.26. The van der Waals surface area contributed by atoms with E-state index in [2.05, 4.69) is 31.3 Å². The van der Waals surface area contributed by atoms with Crippen LogP contribution in [0.25, 0.3) is 0 Å². The van der Waals surface area contributed by atoms with Gasteiger partial charge in [-0.15, -0.1) is 0 Å². The third kappa shape index (κ3) is 45.1. The SMILES string of the molecule is CCCCCCCCCCCCCCCCCC/C=C\CCCCCCCCCCCCCCCCCCCC(=O)NC(CO)C(O)C(O)CCCCCCCCCCC. The molecule has 0 radical (unpaired) electrons. The number of aliphatic hydroxyl groups is 3. The van der Waals surface area contributed by atoms with Crippen molar-refractivity contribution in [1.29, 1.82) is 0 Å². The summed E-state index contributed by atoms with van der Waals surface area (Å²) < 4.78 is 0. The summed E-state index contributed by atoms with van der Waals surface area (Å²) in [6, 6.07) is -0.804. The lowest BCUT2D eigenvalue weighted by molar-refractivity contribution is -0.124. The van der Waals surface area contributed by atoms with E-state index in [4.69, 9.17) is 0 Å². The zero-order chi connectivity index (χ0) is 43.7. The molecule has 0 fully saturated rings. The van der Waals surface area contributed by atoms with Gasteiger partial charge in [0.25, 0.3) is 0 Å². The van der Waals surface area contributed by atoms with Crippen molar-refractivity contribution in [2.75, 3.05) is 6.61 Å². The average molecular weight is 848 g/mol. The van der Waals surface area contributed by atoms with Crippen LogP contribution in [0.1, 0.15) is 309 Å². The molecule has 0 aromatic heterocycles. The molecule has 0 aromatic rings. The van der Waals surface area contributed by atoms with Gasteiger partial charge in [-0.1, -0.05) is 276 Å². The van der Waals surface area contributed by atoms with E-state index >= 15 is 0 Å². The average Bonchev–Trinajstić information content (AvgIpc) is 3.25. The van der Waals surface area contributed by atoms with E-state index < -0.39 is 18.2 Å². The van der Waals surface area contributed by atoms with E-state index in [0.717, 1.165) is 38.5 Å². The molecule has 5 heteroatoms. The molecule has 358 valence electrons. The molecule has 0 aliphatic rings. The van der Waals surface area contributed by atoms with Crippen LogP contribution in [0.5, 0.6) is 0 Å². The van der Waals surface area contributed by atoms with Crippen molar-refractivity contribution < 1.29 is 20.1 Å². The smallest absolute Gasteiger partial charge is 0.220 e. The fourth-order valence-electron chi connectivity index (χ4n) is 8.87. The molecule has 0 bridgehead atoms. The third-order valence-electron chi connectivity index (χ3n) is 13.1. The standard InChI is InChI=1S/C55H109NO4/c1-3-5-7-9-11-13-14-15-16-17-18-19-20-21-22-23-24-25-26-27-28-29-30-31-32-33-34-35-36-37-38-39-40-42-44-46-48-50-54(59)56-52(51-57)55(60)53(58)49-47-45-43-41-12-10-8-6-4-2/h25-26,52-53,55,57-58,60H,3-24,27-51H2,1-2H3,(H,56,59)/b26-25-. The zero-order valence-electron chi connectivity index (χ0n) is 40.9. The van der Waals surface area contributed by atoms with Crippen LogP contribution < -0.4 is 5.32 Å². The van der Waals surface area contributed by atoms with Gasteiger partial charge in [-0.25, -0.2) is 0 Å². The van der Waals surface area contributed by atoms with Gasteiger partial charge >= 0.3 is 0 Å². The molecule has 3 unspecified atom stereocenters. The lowest BCUT2D eigenvalue weighted by Crippen LogP contribution is -2.50. The van der Waals surface area contributed by atoms with Crippen molar-refractivity contribution >= 4 is 5.91 Å². The minimum Gasteiger partial charge on any atom is -0.394 e. The molecule has 0 aliphatic heterocycles. The second-order valence-corrected chi connectivity index (χ2v) is 19.1. The van der Waals surface area contributed by atoms with Crippen LogP contribution in [0, 0.1) is 0 Å². The normalized spacial score (nSPS) is 13.3. The zero-order valence-corrected chi connectivity index (χ0v) is 40.9. The van der Waals surface area contributed by atoms with Crippen molar-refractivity contribution in [2.45, 2.75) is 327 Å². The first kappa shape index (κ1) is 59.1. The maximum absolute atomic E-state index is 12.4. The number of allylic oxidation sites excluding steroid dienone is 2. The Morgan fingerprint density at radius 1 is 0.400 bits per heavy atom. The van der Waals surface area contributed by atoms with Crippen LogP contribution >= 0.6 is 0 Å². The summed E-state index contributed by atoms with van der Waals surface area (Å²) in [5.41, 5.74) is 0. The molecule has 4 N–H and O–H groups in total. The predicted octanol–water partition coefficient (Wildman–Crippen LogP) is 16.7. The van der Waals surface area contributed by atoms with Crippen molar-refractivity contribution in [3.05, 3.63) is 12.2 Å². The van der Waals surface area contributed by atoms with Crippen LogP contribution in [-0.2, 0) is 4.79 Å². The Hall–Kier alpha value is -0.910. The fraction of sp³-hybridized carbons (Fsp3) is 0.945. The third-order valence-corrected chi connectivity index (χ3v) is 13.1. The number of hydrogen-bond donors (Lipinski definition) is 4. The second-order valence-electron chi connectivity index (χ2n) is 19.1. The molecular formula is C55H109NO4. The Labute approximate surface area is 376 Å². The van der Waals surface area contributed by atoms with E-state index in [1.165, 1.54) is 244 Å². The highest BCUT2D eigenvalue weighted by molar-refractivity contribution is 5.76. The maximum atomic E-state index is 12.4. The van der Waals surface area contributed by atoms with Gasteiger partial charge in [0.15, 0.2) is 0 Å². The highest BCUT2D eigenvalue weighted by atomic mass is 16.3. The topological polar surface area (TPSA) is 89.8 Å². The van der Waals surface area contributed by atoms with Crippen LogP contribution in [0.3, 0.4) is 0 Å². The van der Waals surface area contributed by atoms with Crippen molar-refractivity contribution in [3.8, 4) is 0 Å². The monoisotopic (exact) mass is 848 g/mol. The quantitative estimate of drug-likeness (QED) is 0.0363. The summed E-state index contributed by atoms with van der Waals surface area (Å²) in [6.45, 7) is 4.18. The lowest BCUT2D eigenvalue weighted by atomic mass is 9.99. The molecule has 0 saturated heterocycles. The maximum Gasteiger partial charge on any atom is 0.220 e. The van der Waals surface area contributed by atoms with Crippen LogP contribution in [0.4, 0.5) is 0 Å². The Morgan fingerprint density at radius 2 is 0.667 bits per heavy atom. The van der Waals surface area contributed by atoms with Crippen molar-refractivity contribution in [2.24, 2.45) is 0 Å². The Balaban J connectivity index is 3.39. The van der Waals surface area contributed by atoms with Gasteiger partial charge in [-0.2, -0.15) is 0 Å². The first-order valence-electron chi connectivity index (χ1n) is 27.5. The van der Waals surface area contributed by atoms with E-state index in [0.29, 0.717) is 12.8 Å². The predicted molar refractivity (Wildman–Crippen MR) is 264 cm³/mol. The van der Waals surface area contributed by atoms with Gasteiger partial charge in [0.05, 0.1) is 18.8 Å². The van der Waals surface area contributed by atoms with Gasteiger partial charge in [0.1, 0.15) is 6.10 Å². The molecule has 3 atom stereocenters. The van der Waals surface area contributed by atoms with E-state index in [9.17, 15) is 20.1 Å². The first-order valence-corrected chi connectivity index (χ1v) is 27.5. The molecule has 0 spiro atoms. The summed E-state index contributed by atoms with van der Waals surface area (Å²) in [5.74, 6) is -0.141. The fourth-order valence-corrected chi connectivity index (χ4v) is 8.87. The summed E-state index contributed by atoms with van der Waals surface area (Å²) >= 11 is 0. The van der Waals surface area contributed by atoms with Gasteiger partial charge in [-0.3, -0.25) is 4.79 Å². The minimum atomic E-state index is -1.13. The number of hydrogen-bond acceptors (Lipinski definition) is 4. The molecule has 0 saturated carbocycles. The molecule has 1 amide bonds. The van der Waals surface area contributed by atoms with E-state index in [1.807, 2.05) is 0 Å². The Bertz CT molecular complexity index is 848. The minimum absolute atomic E-state index is 0.141. The molecule has 0 aliphatic carbocycles. The van der Waals surface area contributed by atoms with Gasteiger partial charge in [0, 0.05) is 6.42 Å². The summed E-state index contributed by atoms with van der Waals surface area (Å²) in [6.07, 6.45) is 62.5. The van der Waals surface area contributed by atoms with Gasteiger partial charge in [0.2, 0.25) is 5.91 Å². The van der Waals surface area contributed by atoms with Gasteiger partial charge < -0.3 is 20.6 Å². The molecule has 5 nitrogen and oxygen atoms in total. The number of aliphatic hydroxyl groups excluding tert-OH is 3. The summed E-state index contributed by atoms with van der Waals surface area (Å²) in [5, 5.41) is 33.5. The lowest BCUT2D eigenvalue weighted by Gasteiger charge is -2.26. The van der Waals surface area contributed by atoms with Crippen LogP contribution in [-0.4, -0.2) is 46.1 Å². The van der Waals surface area contributed by atoms with Crippen LogP contribution in [0.2, 0.25) is 0 Å². The number of carbonyl (C=O) groups excluding carboxylic acids is 1. The Morgan fingerprint density at radius 3 is 0.967 bits per heavy atom. The number of nitrogens with one attached hydrogen (secondary N) is 1. The van der Waals surface area contributed by atoms with Crippen LogP contribution in [0.15, 0.2) is 12.2 Å². The Kier molecular flexibility index (Phi) is 50.0. The van der Waals surface area contributed by atoms with Crippen molar-refractivity contribution in [1.82, 2.24) is 5.32 Å². The molecular weight excluding hydrogens is 739 g/mol. The molecule has 60 heavy (non-hydrogen) atoms. The van der Waals surface area contributed by atoms with Crippen molar-refractivity contribution in [3.63, 3.8) is 0 Å². The summed E-state index contributed by atoms with van der Waals surface area (Å²) in [4.78, 5) is 12.4. The number of unbranched alkanes of at least 4 members (excludes halogenated alkanes) is 41. The number of amides is 1. The highest BCUT2D eigenvalue weighted by Crippen LogP contribution is 2.18. The second kappa shape index (κ2) is 50.7. The molecule has 0 rings (SSSR count). The van der Waals surface area contributed by atoms with E-state index in [-0.39, 0.29) is 12.5 Å². The van der Waals surface area contributed by atoms with Gasteiger partial charge in [-0.05, 0) is 38.5 Å². The first-order chi connectivity index (χ1) is 29.6.